The number of furan rings is 1. The van der Waals surface area contributed by atoms with Gasteiger partial charge in [-0.1, -0.05) is 41.9 Å². The average molecular weight is 445 g/mol. The van der Waals surface area contributed by atoms with Crippen molar-refractivity contribution in [3.05, 3.63) is 112 Å². The molecule has 0 fully saturated rings. The Morgan fingerprint density at radius 2 is 1.78 bits per heavy atom. The molecule has 4 aromatic rings. The first-order valence-electron chi connectivity index (χ1n) is 9.94. The molecule has 1 atom stereocenters. The molecule has 2 aromatic heterocycles. The summed E-state index contributed by atoms with van der Waals surface area (Å²) in [5.41, 5.74) is 2.00. The highest BCUT2D eigenvalue weighted by Gasteiger charge is 2.44. The van der Waals surface area contributed by atoms with Crippen LogP contribution < -0.4 is 0 Å². The third-order valence-corrected chi connectivity index (χ3v) is 5.74. The summed E-state index contributed by atoms with van der Waals surface area (Å²) in [5, 5.41) is 12.1. The number of carbonyl (C=O) groups excluding carboxylic acids is 2. The molecule has 0 saturated heterocycles. The summed E-state index contributed by atoms with van der Waals surface area (Å²) in [5.74, 6) is -1.68. The van der Waals surface area contributed by atoms with Crippen molar-refractivity contribution in [3.63, 3.8) is 0 Å². The van der Waals surface area contributed by atoms with Crippen LogP contribution in [-0.2, 0) is 11.3 Å². The lowest BCUT2D eigenvalue weighted by Gasteiger charge is -2.26. The molecule has 0 aliphatic carbocycles. The number of Topliss-reactive ketones (excluding diaryl/α,β-unsaturated/α-hetero) is 1. The molecule has 1 unspecified atom stereocenters. The highest BCUT2D eigenvalue weighted by Crippen LogP contribution is 2.40. The minimum absolute atomic E-state index is 0.0227. The van der Waals surface area contributed by atoms with E-state index in [1.54, 1.807) is 60.9 Å². The predicted octanol–water partition coefficient (Wildman–Crippen LogP) is 5.26. The fourth-order valence-corrected chi connectivity index (χ4v) is 4.08. The van der Waals surface area contributed by atoms with Crippen LogP contribution in [0.4, 0.5) is 0 Å². The highest BCUT2D eigenvalue weighted by molar-refractivity contribution is 6.30. The largest absolute Gasteiger partial charge is 0.503 e. The van der Waals surface area contributed by atoms with Crippen LogP contribution >= 0.6 is 11.6 Å². The van der Waals surface area contributed by atoms with Crippen molar-refractivity contribution in [2.45, 2.75) is 12.6 Å². The van der Waals surface area contributed by atoms with Crippen LogP contribution in [0.2, 0.25) is 5.02 Å². The number of fused-ring (bicyclic) bond motifs is 1. The number of aliphatic hydroxyl groups excluding tert-OH is 1. The summed E-state index contributed by atoms with van der Waals surface area (Å²) >= 11 is 6.05. The maximum Gasteiger partial charge on any atom is 0.290 e. The zero-order chi connectivity index (χ0) is 22.2. The van der Waals surface area contributed by atoms with Crippen LogP contribution in [0.15, 0.2) is 94.9 Å². The number of nitrogens with zero attached hydrogens (tertiary/aromatic N) is 2. The van der Waals surface area contributed by atoms with Gasteiger partial charge in [0.25, 0.3) is 5.91 Å². The van der Waals surface area contributed by atoms with Gasteiger partial charge in [-0.3, -0.25) is 14.6 Å². The molecule has 158 valence electrons. The molecule has 2 aromatic carbocycles. The van der Waals surface area contributed by atoms with E-state index in [-0.39, 0.29) is 17.9 Å². The van der Waals surface area contributed by atoms with Crippen molar-refractivity contribution >= 4 is 34.3 Å². The van der Waals surface area contributed by atoms with Crippen LogP contribution in [0.3, 0.4) is 0 Å². The number of hydrogen-bond acceptors (Lipinski definition) is 5. The number of amides is 1. The number of halogens is 1. The maximum absolute atomic E-state index is 13.5. The van der Waals surface area contributed by atoms with E-state index in [0.717, 1.165) is 10.9 Å². The van der Waals surface area contributed by atoms with Crippen LogP contribution in [0.1, 0.15) is 27.7 Å². The smallest absolute Gasteiger partial charge is 0.290 e. The van der Waals surface area contributed by atoms with E-state index < -0.39 is 23.5 Å². The van der Waals surface area contributed by atoms with Gasteiger partial charge in [0.2, 0.25) is 5.78 Å². The summed E-state index contributed by atoms with van der Waals surface area (Å²) in [7, 11) is 0. The zero-order valence-corrected chi connectivity index (χ0v) is 17.5. The lowest BCUT2D eigenvalue weighted by molar-refractivity contribution is -0.130. The molecule has 1 amide bonds. The second-order valence-electron chi connectivity index (χ2n) is 7.48. The van der Waals surface area contributed by atoms with Crippen molar-refractivity contribution < 1.29 is 19.1 Å². The monoisotopic (exact) mass is 444 g/mol. The van der Waals surface area contributed by atoms with Gasteiger partial charge in [0, 0.05) is 29.3 Å². The molecule has 1 N–H and O–H groups in total. The van der Waals surface area contributed by atoms with Gasteiger partial charge in [0.15, 0.2) is 11.5 Å². The zero-order valence-electron chi connectivity index (χ0n) is 16.7. The molecule has 7 heteroatoms. The van der Waals surface area contributed by atoms with Gasteiger partial charge in [-0.05, 0) is 47.5 Å². The number of rotatable bonds is 5. The number of hydrogen-bond donors (Lipinski definition) is 1. The third kappa shape index (κ3) is 3.44. The Bertz CT molecular complexity index is 1330. The van der Waals surface area contributed by atoms with Gasteiger partial charge in [0.05, 0.1) is 11.6 Å². The minimum Gasteiger partial charge on any atom is -0.503 e. The van der Waals surface area contributed by atoms with Crippen molar-refractivity contribution in [2.24, 2.45) is 0 Å². The van der Waals surface area contributed by atoms with Crippen molar-refractivity contribution in [1.29, 1.82) is 0 Å². The summed E-state index contributed by atoms with van der Waals surface area (Å²) in [6.07, 6.45) is 3.25. The van der Waals surface area contributed by atoms with Crippen molar-refractivity contribution in [2.75, 3.05) is 0 Å². The summed E-state index contributed by atoms with van der Waals surface area (Å²) < 4.78 is 5.73. The van der Waals surface area contributed by atoms with E-state index in [1.165, 1.54) is 4.90 Å². The predicted molar refractivity (Wildman–Crippen MR) is 119 cm³/mol. The molecule has 1 aliphatic heterocycles. The van der Waals surface area contributed by atoms with Crippen LogP contribution in [-0.4, -0.2) is 26.7 Å². The van der Waals surface area contributed by atoms with Crippen LogP contribution in [0, 0.1) is 0 Å². The molecule has 32 heavy (non-hydrogen) atoms. The van der Waals surface area contributed by atoms with Gasteiger partial charge in [-0.2, -0.15) is 0 Å². The van der Waals surface area contributed by atoms with E-state index in [1.807, 2.05) is 18.2 Å². The number of aliphatic hydroxyl groups is 1. The number of para-hydroxylation sites is 1. The number of carbonyl (C=O) groups is 2. The van der Waals surface area contributed by atoms with Gasteiger partial charge >= 0.3 is 0 Å². The van der Waals surface area contributed by atoms with Crippen LogP contribution in [0.25, 0.3) is 11.0 Å². The molecule has 0 bridgehead atoms. The summed E-state index contributed by atoms with van der Waals surface area (Å²) in [6.45, 7) is 0.190. The van der Waals surface area contributed by atoms with Gasteiger partial charge < -0.3 is 14.4 Å². The second kappa shape index (κ2) is 7.98. The maximum atomic E-state index is 13.5. The molecule has 0 spiro atoms. The van der Waals surface area contributed by atoms with E-state index in [9.17, 15) is 14.7 Å². The van der Waals surface area contributed by atoms with E-state index >= 15 is 0 Å². The molecule has 0 saturated carbocycles. The van der Waals surface area contributed by atoms with E-state index in [0.29, 0.717) is 16.2 Å². The summed E-state index contributed by atoms with van der Waals surface area (Å²) in [6, 6.07) is 18.5. The quantitative estimate of drug-likeness (QED) is 0.424. The van der Waals surface area contributed by atoms with Crippen molar-refractivity contribution in [1.82, 2.24) is 9.88 Å². The molecule has 1 aliphatic rings. The van der Waals surface area contributed by atoms with Gasteiger partial charge in [-0.25, -0.2) is 0 Å². The number of aromatic nitrogens is 1. The second-order valence-corrected chi connectivity index (χ2v) is 7.92. The third-order valence-electron chi connectivity index (χ3n) is 5.49. The minimum atomic E-state index is -0.798. The van der Waals surface area contributed by atoms with Gasteiger partial charge in [-0.15, -0.1) is 0 Å². The van der Waals surface area contributed by atoms with E-state index in [2.05, 4.69) is 4.98 Å². The Labute approximate surface area is 188 Å². The molecule has 0 radical (unpaired) electrons. The van der Waals surface area contributed by atoms with E-state index in [4.69, 9.17) is 16.0 Å². The Kier molecular flexibility index (Phi) is 4.99. The first kappa shape index (κ1) is 20.0. The number of benzene rings is 2. The molecule has 5 rings (SSSR count). The Hall–Kier alpha value is -3.90. The lowest BCUT2D eigenvalue weighted by Crippen LogP contribution is -2.30. The number of pyridine rings is 1. The Morgan fingerprint density at radius 1 is 1.06 bits per heavy atom. The molecular weight excluding hydrogens is 428 g/mol. The van der Waals surface area contributed by atoms with Crippen molar-refractivity contribution in [3.8, 4) is 0 Å². The standard InChI is InChI=1S/C25H17ClN2O4/c26-18-7-5-16(6-8-18)22-21(23(29)20-13-17-3-1-2-4-19(17)32-20)24(30)25(31)28(22)14-15-9-11-27-12-10-15/h1-13,22,30H,14H2. The Balaban J connectivity index is 1.60. The topological polar surface area (TPSA) is 83.6 Å². The molecular formula is C25H17ClN2O4. The van der Waals surface area contributed by atoms with Gasteiger partial charge in [0.1, 0.15) is 5.58 Å². The first-order chi connectivity index (χ1) is 15.5. The average Bonchev–Trinajstić information content (AvgIpc) is 3.35. The first-order valence-corrected chi connectivity index (χ1v) is 10.3. The fraction of sp³-hybridized carbons (Fsp3) is 0.0800. The molecule has 3 heterocycles. The highest BCUT2D eigenvalue weighted by atomic mass is 35.5. The lowest BCUT2D eigenvalue weighted by atomic mass is 9.95. The van der Waals surface area contributed by atoms with Crippen LogP contribution in [0.5, 0.6) is 0 Å². The molecule has 6 nitrogen and oxygen atoms in total. The Morgan fingerprint density at radius 3 is 2.50 bits per heavy atom. The normalized spacial score (nSPS) is 16.2. The fourth-order valence-electron chi connectivity index (χ4n) is 3.95. The SMILES string of the molecule is O=C(C1=C(O)C(=O)N(Cc2ccncc2)C1c1ccc(Cl)cc1)c1cc2ccccc2o1. The number of ketones is 1. The summed E-state index contributed by atoms with van der Waals surface area (Å²) in [4.78, 5) is 32.0.